The monoisotopic (exact) mass is 442 g/mol. The molecule has 0 bridgehead atoms. The van der Waals surface area contributed by atoms with E-state index < -0.39 is 0 Å². The number of nitrogens with one attached hydrogen (secondary N) is 2. The molecule has 0 atom stereocenters. The SMILES string of the molecule is Cc1cnc(N2CCC(Oc3ncnc4c(-c5ccc(NC=N)cc5)cn(C)c34)CC2)nc1. The van der Waals surface area contributed by atoms with Gasteiger partial charge < -0.3 is 19.5 Å². The van der Waals surface area contributed by atoms with Crippen LogP contribution in [0.3, 0.4) is 0 Å². The minimum absolute atomic E-state index is 0.0784. The van der Waals surface area contributed by atoms with Gasteiger partial charge in [0.1, 0.15) is 23.5 Å². The van der Waals surface area contributed by atoms with Crippen LogP contribution in [0.4, 0.5) is 11.6 Å². The number of hydrogen-bond donors (Lipinski definition) is 2. The summed E-state index contributed by atoms with van der Waals surface area (Å²) in [6, 6.07) is 7.94. The van der Waals surface area contributed by atoms with Crippen molar-refractivity contribution in [3.05, 3.63) is 54.7 Å². The molecule has 0 saturated carbocycles. The van der Waals surface area contributed by atoms with Crippen LogP contribution in [0, 0.1) is 12.3 Å². The lowest BCUT2D eigenvalue weighted by atomic mass is 10.1. The molecule has 4 heterocycles. The van der Waals surface area contributed by atoms with Crippen LogP contribution in [0.15, 0.2) is 49.2 Å². The van der Waals surface area contributed by atoms with Crippen molar-refractivity contribution in [3.8, 4) is 17.0 Å². The molecule has 0 spiro atoms. The quantitative estimate of drug-likeness (QED) is 0.346. The average Bonchev–Trinajstić information content (AvgIpc) is 3.18. The number of aryl methyl sites for hydroxylation is 2. The van der Waals surface area contributed by atoms with E-state index in [0.29, 0.717) is 5.88 Å². The first-order valence-corrected chi connectivity index (χ1v) is 11.0. The summed E-state index contributed by atoms with van der Waals surface area (Å²) < 4.78 is 8.41. The average molecular weight is 443 g/mol. The molecule has 1 aromatic carbocycles. The zero-order valence-corrected chi connectivity index (χ0v) is 18.7. The zero-order valence-electron chi connectivity index (χ0n) is 18.7. The minimum Gasteiger partial charge on any atom is -0.473 e. The number of anilines is 2. The molecule has 33 heavy (non-hydrogen) atoms. The predicted octanol–water partition coefficient (Wildman–Crippen LogP) is 3.80. The standard InChI is InChI=1S/C24H26N8O/c1-16-11-26-24(27-12-16)32-9-7-19(8-10-32)33-23-22-21(29-15-30-23)20(13-31(22)2)17-3-5-18(6-4-17)28-14-25/h3-6,11-15,19H,7-10H2,1-2H3,(H2,25,28). The Morgan fingerprint density at radius 2 is 1.79 bits per heavy atom. The van der Waals surface area contributed by atoms with E-state index in [2.05, 4.69) is 36.3 Å². The van der Waals surface area contributed by atoms with E-state index in [-0.39, 0.29) is 6.10 Å². The molecule has 5 rings (SSSR count). The second-order valence-corrected chi connectivity index (χ2v) is 8.26. The Kier molecular flexibility index (Phi) is 5.60. The van der Waals surface area contributed by atoms with Gasteiger partial charge in [0.2, 0.25) is 11.8 Å². The van der Waals surface area contributed by atoms with Crippen molar-refractivity contribution in [3.63, 3.8) is 0 Å². The lowest BCUT2D eigenvalue weighted by molar-refractivity contribution is 0.165. The summed E-state index contributed by atoms with van der Waals surface area (Å²) in [5, 5.41) is 10.1. The predicted molar refractivity (Wildman–Crippen MR) is 129 cm³/mol. The van der Waals surface area contributed by atoms with E-state index in [1.165, 1.54) is 6.34 Å². The summed E-state index contributed by atoms with van der Waals surface area (Å²) >= 11 is 0. The molecule has 0 radical (unpaired) electrons. The number of aromatic nitrogens is 5. The lowest BCUT2D eigenvalue weighted by Crippen LogP contribution is -2.39. The third kappa shape index (κ3) is 4.21. The van der Waals surface area contributed by atoms with Crippen LogP contribution in [0.1, 0.15) is 18.4 Å². The fraction of sp³-hybridized carbons (Fsp3) is 0.292. The van der Waals surface area contributed by atoms with Gasteiger partial charge in [-0.3, -0.25) is 5.41 Å². The van der Waals surface area contributed by atoms with Crippen molar-refractivity contribution >= 4 is 29.0 Å². The van der Waals surface area contributed by atoms with E-state index >= 15 is 0 Å². The van der Waals surface area contributed by atoms with Crippen LogP contribution in [-0.2, 0) is 7.05 Å². The Hall–Kier alpha value is -4.01. The van der Waals surface area contributed by atoms with Gasteiger partial charge in [0, 0.05) is 62.8 Å². The Balaban J connectivity index is 1.34. The first kappa shape index (κ1) is 20.9. The van der Waals surface area contributed by atoms with E-state index in [0.717, 1.165) is 65.3 Å². The number of ether oxygens (including phenoxy) is 1. The number of fused-ring (bicyclic) bond motifs is 1. The molecular formula is C24H26N8O. The summed E-state index contributed by atoms with van der Waals surface area (Å²) in [6.07, 6.45) is 10.3. The fourth-order valence-corrected chi connectivity index (χ4v) is 4.20. The molecule has 1 aliphatic rings. The van der Waals surface area contributed by atoms with Crippen LogP contribution in [0.2, 0.25) is 0 Å². The van der Waals surface area contributed by atoms with Gasteiger partial charge in [0.25, 0.3) is 0 Å². The van der Waals surface area contributed by atoms with E-state index in [9.17, 15) is 0 Å². The maximum Gasteiger partial charge on any atom is 0.242 e. The van der Waals surface area contributed by atoms with Crippen molar-refractivity contribution in [2.75, 3.05) is 23.3 Å². The van der Waals surface area contributed by atoms with Crippen LogP contribution in [0.5, 0.6) is 5.88 Å². The maximum atomic E-state index is 7.18. The number of piperidine rings is 1. The molecule has 9 nitrogen and oxygen atoms in total. The highest BCUT2D eigenvalue weighted by molar-refractivity contribution is 5.95. The summed E-state index contributed by atoms with van der Waals surface area (Å²) in [5.74, 6) is 1.39. The van der Waals surface area contributed by atoms with Gasteiger partial charge in [-0.15, -0.1) is 0 Å². The highest BCUT2D eigenvalue weighted by Crippen LogP contribution is 2.34. The van der Waals surface area contributed by atoms with E-state index in [1.54, 1.807) is 6.33 Å². The molecule has 0 amide bonds. The number of benzene rings is 1. The molecule has 3 aromatic heterocycles. The Bertz CT molecular complexity index is 1260. The fourth-order valence-electron chi connectivity index (χ4n) is 4.20. The Morgan fingerprint density at radius 1 is 1.06 bits per heavy atom. The van der Waals surface area contributed by atoms with Gasteiger partial charge in [0.15, 0.2) is 0 Å². The summed E-state index contributed by atoms with van der Waals surface area (Å²) in [7, 11) is 1.99. The van der Waals surface area contributed by atoms with Crippen LogP contribution in [-0.4, -0.2) is 50.0 Å². The third-order valence-corrected chi connectivity index (χ3v) is 5.92. The molecule has 1 saturated heterocycles. The molecule has 1 aliphatic heterocycles. The first-order valence-electron chi connectivity index (χ1n) is 11.0. The van der Waals surface area contributed by atoms with Crippen molar-refractivity contribution in [2.45, 2.75) is 25.9 Å². The maximum absolute atomic E-state index is 7.18. The molecule has 168 valence electrons. The molecule has 9 heteroatoms. The molecule has 1 fully saturated rings. The van der Waals surface area contributed by atoms with Crippen LogP contribution < -0.4 is 15.0 Å². The number of hydrogen-bond acceptors (Lipinski definition) is 7. The normalized spacial score (nSPS) is 14.4. The van der Waals surface area contributed by atoms with Crippen molar-refractivity contribution in [1.82, 2.24) is 24.5 Å². The second-order valence-electron chi connectivity index (χ2n) is 8.26. The highest BCUT2D eigenvalue weighted by Gasteiger charge is 2.24. The van der Waals surface area contributed by atoms with Gasteiger partial charge in [-0.1, -0.05) is 12.1 Å². The first-order chi connectivity index (χ1) is 16.1. The number of nitrogens with zero attached hydrogens (tertiary/aromatic N) is 6. The molecule has 2 N–H and O–H groups in total. The third-order valence-electron chi connectivity index (χ3n) is 5.92. The second kappa shape index (κ2) is 8.85. The van der Waals surface area contributed by atoms with Crippen molar-refractivity contribution in [1.29, 1.82) is 5.41 Å². The minimum atomic E-state index is 0.0784. The van der Waals surface area contributed by atoms with Crippen molar-refractivity contribution in [2.24, 2.45) is 7.05 Å². The Labute approximate surface area is 192 Å². The summed E-state index contributed by atoms with van der Waals surface area (Å²) in [6.45, 7) is 3.68. The summed E-state index contributed by atoms with van der Waals surface area (Å²) in [4.78, 5) is 20.1. The largest absolute Gasteiger partial charge is 0.473 e. The van der Waals surface area contributed by atoms with Crippen molar-refractivity contribution < 1.29 is 4.74 Å². The molecule has 4 aromatic rings. The van der Waals surface area contributed by atoms with Gasteiger partial charge in [-0.2, -0.15) is 4.98 Å². The molecule has 0 unspecified atom stereocenters. The van der Waals surface area contributed by atoms with Gasteiger partial charge in [-0.05, 0) is 30.2 Å². The lowest BCUT2D eigenvalue weighted by Gasteiger charge is -2.31. The van der Waals surface area contributed by atoms with Crippen LogP contribution in [0.25, 0.3) is 22.2 Å². The topological polar surface area (TPSA) is 105 Å². The molecule has 0 aliphatic carbocycles. The van der Waals surface area contributed by atoms with Crippen LogP contribution >= 0.6 is 0 Å². The Morgan fingerprint density at radius 3 is 2.48 bits per heavy atom. The van der Waals surface area contributed by atoms with E-state index in [1.807, 2.05) is 55.2 Å². The zero-order chi connectivity index (χ0) is 22.8. The van der Waals surface area contributed by atoms with Gasteiger partial charge >= 0.3 is 0 Å². The van der Waals surface area contributed by atoms with E-state index in [4.69, 9.17) is 10.1 Å². The van der Waals surface area contributed by atoms with Gasteiger partial charge in [-0.25, -0.2) is 15.0 Å². The van der Waals surface area contributed by atoms with Gasteiger partial charge in [0.05, 0.1) is 6.34 Å². The summed E-state index contributed by atoms with van der Waals surface area (Å²) in [5.41, 5.74) is 5.75. The number of rotatable bonds is 6. The molecular weight excluding hydrogens is 416 g/mol. The highest BCUT2D eigenvalue weighted by atomic mass is 16.5. The smallest absolute Gasteiger partial charge is 0.242 e.